The summed E-state index contributed by atoms with van der Waals surface area (Å²) in [4.78, 5) is 22.5. The van der Waals surface area contributed by atoms with Crippen molar-refractivity contribution in [1.29, 1.82) is 0 Å². The zero-order valence-corrected chi connectivity index (χ0v) is 9.06. The van der Waals surface area contributed by atoms with Crippen LogP contribution in [0.1, 0.15) is 52.4 Å². The summed E-state index contributed by atoms with van der Waals surface area (Å²) in [7, 11) is 0. The molecule has 0 aromatic rings. The minimum atomic E-state index is -0.426. The van der Waals surface area contributed by atoms with Crippen LogP contribution in [0.2, 0.25) is 0 Å². The van der Waals surface area contributed by atoms with Crippen molar-refractivity contribution in [3.05, 3.63) is 0 Å². The van der Waals surface area contributed by atoms with E-state index in [0.29, 0.717) is 6.42 Å². The second-order valence-electron chi connectivity index (χ2n) is 4.43. The summed E-state index contributed by atoms with van der Waals surface area (Å²) < 4.78 is 0. The Kier molecular flexibility index (Phi) is 3.67. The Labute approximate surface area is 85.3 Å². The van der Waals surface area contributed by atoms with Crippen molar-refractivity contribution in [2.75, 3.05) is 0 Å². The minimum absolute atomic E-state index is 0.0843. The summed E-state index contributed by atoms with van der Waals surface area (Å²) in [6.07, 6.45) is 5.83. The van der Waals surface area contributed by atoms with Crippen LogP contribution in [0.5, 0.6) is 0 Å². The summed E-state index contributed by atoms with van der Waals surface area (Å²) in [6.45, 7) is 4.05. The topological polar surface area (TPSA) is 46.2 Å². The lowest BCUT2D eigenvalue weighted by molar-refractivity contribution is -0.128. The maximum absolute atomic E-state index is 11.4. The van der Waals surface area contributed by atoms with E-state index >= 15 is 0 Å². The zero-order chi connectivity index (χ0) is 10.6. The molecule has 1 heterocycles. The highest BCUT2D eigenvalue weighted by molar-refractivity contribution is 6.05. The van der Waals surface area contributed by atoms with Crippen molar-refractivity contribution in [2.24, 2.45) is 5.41 Å². The molecule has 0 aliphatic carbocycles. The second kappa shape index (κ2) is 4.58. The number of rotatable bonds is 5. The van der Waals surface area contributed by atoms with Crippen LogP contribution >= 0.6 is 0 Å². The maximum Gasteiger partial charge on any atom is 0.233 e. The highest BCUT2D eigenvalue weighted by Gasteiger charge is 2.41. The van der Waals surface area contributed by atoms with E-state index in [4.69, 9.17) is 0 Å². The monoisotopic (exact) mass is 197 g/mol. The molecule has 0 spiro atoms. The van der Waals surface area contributed by atoms with Gasteiger partial charge in [0.15, 0.2) is 0 Å². The largest absolute Gasteiger partial charge is 0.296 e. The van der Waals surface area contributed by atoms with Gasteiger partial charge < -0.3 is 0 Å². The highest BCUT2D eigenvalue weighted by Crippen LogP contribution is 2.32. The molecule has 0 saturated carbocycles. The van der Waals surface area contributed by atoms with Gasteiger partial charge in [-0.05, 0) is 6.42 Å². The number of carbonyl (C=O) groups is 2. The molecule has 0 radical (unpaired) electrons. The maximum atomic E-state index is 11.4. The molecule has 1 rings (SSSR count). The van der Waals surface area contributed by atoms with E-state index in [-0.39, 0.29) is 11.8 Å². The summed E-state index contributed by atoms with van der Waals surface area (Å²) in [6, 6.07) is 0. The second-order valence-corrected chi connectivity index (χ2v) is 4.43. The van der Waals surface area contributed by atoms with Crippen LogP contribution in [-0.4, -0.2) is 11.8 Å². The van der Waals surface area contributed by atoms with Crippen molar-refractivity contribution in [3.8, 4) is 0 Å². The molecule has 0 bridgehead atoms. The number of amides is 2. The van der Waals surface area contributed by atoms with Gasteiger partial charge in [-0.1, -0.05) is 39.5 Å². The van der Waals surface area contributed by atoms with Gasteiger partial charge in [0.25, 0.3) is 0 Å². The first-order valence-electron chi connectivity index (χ1n) is 5.43. The molecule has 3 nitrogen and oxygen atoms in total. The van der Waals surface area contributed by atoms with E-state index in [2.05, 4.69) is 12.2 Å². The summed E-state index contributed by atoms with van der Waals surface area (Å²) >= 11 is 0. The van der Waals surface area contributed by atoms with E-state index in [1.807, 2.05) is 6.92 Å². The molecule has 0 aromatic heterocycles. The number of imide groups is 1. The first-order chi connectivity index (χ1) is 6.58. The average Bonchev–Trinajstić information content (AvgIpc) is 2.36. The van der Waals surface area contributed by atoms with Crippen molar-refractivity contribution in [3.63, 3.8) is 0 Å². The van der Waals surface area contributed by atoms with Crippen molar-refractivity contribution >= 4 is 11.8 Å². The third kappa shape index (κ3) is 2.56. The average molecular weight is 197 g/mol. The van der Waals surface area contributed by atoms with E-state index in [1.54, 1.807) is 0 Å². The summed E-state index contributed by atoms with van der Waals surface area (Å²) in [5.41, 5.74) is -0.426. The van der Waals surface area contributed by atoms with Gasteiger partial charge in [0.1, 0.15) is 0 Å². The van der Waals surface area contributed by atoms with Crippen LogP contribution in [0.3, 0.4) is 0 Å². The lowest BCUT2D eigenvalue weighted by Crippen LogP contribution is -2.28. The molecule has 0 aromatic carbocycles. The number of hydrogen-bond donors (Lipinski definition) is 1. The molecule has 14 heavy (non-hydrogen) atoms. The lowest BCUT2D eigenvalue weighted by atomic mass is 9.83. The third-order valence-corrected chi connectivity index (χ3v) is 2.93. The van der Waals surface area contributed by atoms with E-state index in [9.17, 15) is 9.59 Å². The van der Waals surface area contributed by atoms with Crippen molar-refractivity contribution < 1.29 is 9.59 Å². The molecular formula is C11H19NO2. The van der Waals surface area contributed by atoms with Crippen LogP contribution < -0.4 is 5.32 Å². The molecule has 1 saturated heterocycles. The lowest BCUT2D eigenvalue weighted by Gasteiger charge is -2.18. The Hall–Kier alpha value is -0.860. The van der Waals surface area contributed by atoms with Gasteiger partial charge in [-0.2, -0.15) is 0 Å². The summed E-state index contributed by atoms with van der Waals surface area (Å²) in [5, 5.41) is 2.37. The fraction of sp³-hybridized carbons (Fsp3) is 0.818. The fourth-order valence-electron chi connectivity index (χ4n) is 1.90. The standard InChI is InChI=1S/C11H19NO2/c1-3-4-5-6-7-11(2)8-9(13)12-10(11)14/h3-8H2,1-2H3,(H,12,13,14). The van der Waals surface area contributed by atoms with E-state index in [1.165, 1.54) is 12.8 Å². The first kappa shape index (κ1) is 11.2. The zero-order valence-electron chi connectivity index (χ0n) is 9.06. The fourth-order valence-corrected chi connectivity index (χ4v) is 1.90. The predicted molar refractivity (Wildman–Crippen MR) is 54.6 cm³/mol. The van der Waals surface area contributed by atoms with Gasteiger partial charge in [-0.15, -0.1) is 0 Å². The molecule has 1 atom stereocenters. The molecule has 1 fully saturated rings. The number of unbranched alkanes of at least 4 members (excludes halogenated alkanes) is 3. The van der Waals surface area contributed by atoms with Crippen LogP contribution in [-0.2, 0) is 9.59 Å². The van der Waals surface area contributed by atoms with Crippen LogP contribution in [0.4, 0.5) is 0 Å². The summed E-state index contributed by atoms with van der Waals surface area (Å²) in [5.74, 6) is -0.202. The van der Waals surface area contributed by atoms with Crippen molar-refractivity contribution in [2.45, 2.75) is 52.4 Å². The Bertz CT molecular complexity index is 237. The van der Waals surface area contributed by atoms with Crippen molar-refractivity contribution in [1.82, 2.24) is 5.32 Å². The number of nitrogens with one attached hydrogen (secondary N) is 1. The third-order valence-electron chi connectivity index (χ3n) is 2.93. The molecule has 1 unspecified atom stereocenters. The van der Waals surface area contributed by atoms with Crippen LogP contribution in [0.25, 0.3) is 0 Å². The number of hydrogen-bond acceptors (Lipinski definition) is 2. The molecule has 1 aliphatic heterocycles. The van der Waals surface area contributed by atoms with E-state index < -0.39 is 5.41 Å². The smallest absolute Gasteiger partial charge is 0.233 e. The highest BCUT2D eigenvalue weighted by atomic mass is 16.2. The molecule has 1 aliphatic rings. The first-order valence-corrected chi connectivity index (χ1v) is 5.43. The van der Waals surface area contributed by atoms with Gasteiger partial charge in [-0.3, -0.25) is 14.9 Å². The SMILES string of the molecule is CCCCCCC1(C)CC(=O)NC1=O. The number of carbonyl (C=O) groups excluding carboxylic acids is 2. The molecule has 1 N–H and O–H groups in total. The normalized spacial score (nSPS) is 26.7. The van der Waals surface area contributed by atoms with Crippen LogP contribution in [0.15, 0.2) is 0 Å². The van der Waals surface area contributed by atoms with Crippen LogP contribution in [0, 0.1) is 5.41 Å². The van der Waals surface area contributed by atoms with Gasteiger partial charge in [0, 0.05) is 6.42 Å². The molecule has 3 heteroatoms. The Morgan fingerprint density at radius 2 is 2.00 bits per heavy atom. The van der Waals surface area contributed by atoms with Gasteiger partial charge in [0.2, 0.25) is 11.8 Å². The van der Waals surface area contributed by atoms with Gasteiger partial charge in [-0.25, -0.2) is 0 Å². The molecular weight excluding hydrogens is 178 g/mol. The molecule has 80 valence electrons. The Morgan fingerprint density at radius 1 is 1.29 bits per heavy atom. The van der Waals surface area contributed by atoms with Gasteiger partial charge >= 0.3 is 0 Å². The quantitative estimate of drug-likeness (QED) is 0.541. The molecule has 2 amide bonds. The minimum Gasteiger partial charge on any atom is -0.296 e. The van der Waals surface area contributed by atoms with E-state index in [0.717, 1.165) is 19.3 Å². The Balaban J connectivity index is 2.35. The predicted octanol–water partition coefficient (Wildman–Crippen LogP) is 2.01. The Morgan fingerprint density at radius 3 is 2.50 bits per heavy atom. The van der Waals surface area contributed by atoms with Gasteiger partial charge in [0.05, 0.1) is 5.41 Å².